The van der Waals surface area contributed by atoms with E-state index < -0.39 is 0 Å². The normalized spacial score (nSPS) is 11.5. The summed E-state index contributed by atoms with van der Waals surface area (Å²) in [5, 5.41) is 7.85. The second kappa shape index (κ2) is 6.83. The van der Waals surface area contributed by atoms with Crippen LogP contribution in [0.15, 0.2) is 103 Å². The maximum Gasteiger partial charge on any atom is 0.0358 e. The first-order valence-corrected chi connectivity index (χ1v) is 11.1. The van der Waals surface area contributed by atoms with Gasteiger partial charge in [-0.15, -0.1) is 11.3 Å². The van der Waals surface area contributed by atoms with E-state index in [-0.39, 0.29) is 0 Å². The molecule has 0 N–H and O–H groups in total. The number of hydrogen-bond donors (Lipinski definition) is 0. The van der Waals surface area contributed by atoms with Crippen LogP contribution in [0.25, 0.3) is 53.9 Å². The molecule has 6 aromatic rings. The minimum atomic E-state index is 1.28. The van der Waals surface area contributed by atoms with Crippen LogP contribution in [0.5, 0.6) is 0 Å². The van der Waals surface area contributed by atoms with Crippen LogP contribution in [0.4, 0.5) is 0 Å². The van der Waals surface area contributed by atoms with Gasteiger partial charge in [-0.2, -0.15) is 0 Å². The Labute approximate surface area is 180 Å². The van der Waals surface area contributed by atoms with Crippen molar-refractivity contribution in [1.82, 2.24) is 0 Å². The third kappa shape index (κ3) is 2.59. The van der Waals surface area contributed by atoms with Crippen molar-refractivity contribution in [3.8, 4) is 21.6 Å². The summed E-state index contributed by atoms with van der Waals surface area (Å²) >= 11 is 1.87. The zero-order valence-corrected chi connectivity index (χ0v) is 17.5. The number of fused-ring (bicyclic) bond motifs is 3. The molecule has 0 aliphatic rings. The summed E-state index contributed by atoms with van der Waals surface area (Å²) in [6.07, 6.45) is 0. The standard InChI is InChI=1S/C29H20S/c1-19-17-18-27(30-19)29-25-14-6-4-12-23(25)28(24-13-5-7-15-26(24)29)22-16-8-10-20-9-2-3-11-21(20)22/h2-18H,1H3. The summed E-state index contributed by atoms with van der Waals surface area (Å²) < 4.78 is 0. The monoisotopic (exact) mass is 400 g/mol. The zero-order chi connectivity index (χ0) is 20.1. The van der Waals surface area contributed by atoms with E-state index in [9.17, 15) is 0 Å². The van der Waals surface area contributed by atoms with E-state index >= 15 is 0 Å². The topological polar surface area (TPSA) is 0 Å². The van der Waals surface area contributed by atoms with Crippen LogP contribution in [-0.4, -0.2) is 0 Å². The van der Waals surface area contributed by atoms with Crippen molar-refractivity contribution in [3.05, 3.63) is 108 Å². The van der Waals surface area contributed by atoms with Crippen LogP contribution in [0, 0.1) is 6.92 Å². The molecule has 0 bridgehead atoms. The van der Waals surface area contributed by atoms with Crippen molar-refractivity contribution >= 4 is 43.7 Å². The molecule has 0 nitrogen and oxygen atoms in total. The van der Waals surface area contributed by atoms with E-state index in [4.69, 9.17) is 0 Å². The van der Waals surface area contributed by atoms with Gasteiger partial charge in [-0.1, -0.05) is 91.0 Å². The van der Waals surface area contributed by atoms with Gasteiger partial charge in [0.05, 0.1) is 0 Å². The molecule has 0 spiro atoms. The molecule has 1 aromatic heterocycles. The molecule has 0 amide bonds. The van der Waals surface area contributed by atoms with Crippen LogP contribution < -0.4 is 0 Å². The Bertz CT molecular complexity index is 1490. The fourth-order valence-corrected chi connectivity index (χ4v) is 5.64. The van der Waals surface area contributed by atoms with E-state index in [1.165, 1.54) is 58.8 Å². The molecule has 0 fully saturated rings. The molecule has 5 aromatic carbocycles. The summed E-state index contributed by atoms with van der Waals surface area (Å²) in [6.45, 7) is 2.18. The van der Waals surface area contributed by atoms with E-state index in [0.717, 1.165) is 0 Å². The number of rotatable bonds is 2. The number of aryl methyl sites for hydroxylation is 1. The van der Waals surface area contributed by atoms with Crippen molar-refractivity contribution in [2.24, 2.45) is 0 Å². The SMILES string of the molecule is Cc1ccc(-c2c3ccccc3c(-c3cccc4ccccc34)c3ccccc23)s1. The van der Waals surface area contributed by atoms with Crippen LogP contribution in [0.1, 0.15) is 4.88 Å². The Morgan fingerprint density at radius 3 is 1.60 bits per heavy atom. The summed E-state index contributed by atoms with van der Waals surface area (Å²) in [5.74, 6) is 0. The van der Waals surface area contributed by atoms with Gasteiger partial charge < -0.3 is 0 Å². The highest BCUT2D eigenvalue weighted by Crippen LogP contribution is 2.46. The Hall–Kier alpha value is -3.42. The molecule has 6 rings (SSSR count). The Morgan fingerprint density at radius 2 is 1.00 bits per heavy atom. The first kappa shape index (κ1) is 17.4. The van der Waals surface area contributed by atoms with Crippen LogP contribution >= 0.6 is 11.3 Å². The maximum atomic E-state index is 2.28. The van der Waals surface area contributed by atoms with E-state index in [2.05, 4.69) is 110 Å². The van der Waals surface area contributed by atoms with Gasteiger partial charge in [-0.25, -0.2) is 0 Å². The quantitative estimate of drug-likeness (QED) is 0.255. The molecule has 30 heavy (non-hydrogen) atoms. The largest absolute Gasteiger partial charge is 0.141 e. The van der Waals surface area contributed by atoms with Crippen molar-refractivity contribution in [2.75, 3.05) is 0 Å². The zero-order valence-electron chi connectivity index (χ0n) is 16.7. The Morgan fingerprint density at radius 1 is 0.467 bits per heavy atom. The molecule has 0 saturated heterocycles. The number of thiophene rings is 1. The first-order chi connectivity index (χ1) is 14.8. The summed E-state index contributed by atoms with van der Waals surface area (Å²) in [7, 11) is 0. The van der Waals surface area contributed by atoms with Crippen molar-refractivity contribution < 1.29 is 0 Å². The Kier molecular flexibility index (Phi) is 3.97. The smallest absolute Gasteiger partial charge is 0.0358 e. The van der Waals surface area contributed by atoms with Gasteiger partial charge in [-0.3, -0.25) is 0 Å². The average Bonchev–Trinajstić information content (AvgIpc) is 3.22. The first-order valence-electron chi connectivity index (χ1n) is 10.3. The fraction of sp³-hybridized carbons (Fsp3) is 0.0345. The lowest BCUT2D eigenvalue weighted by molar-refractivity contribution is 1.64. The van der Waals surface area contributed by atoms with E-state index in [1.54, 1.807) is 0 Å². The van der Waals surface area contributed by atoms with Gasteiger partial charge in [0.15, 0.2) is 0 Å². The highest BCUT2D eigenvalue weighted by Gasteiger charge is 2.18. The molecular weight excluding hydrogens is 380 g/mol. The number of hydrogen-bond acceptors (Lipinski definition) is 1. The predicted octanol–water partition coefficient (Wildman–Crippen LogP) is 8.85. The lowest BCUT2D eigenvalue weighted by Crippen LogP contribution is -1.90. The van der Waals surface area contributed by atoms with Crippen LogP contribution in [-0.2, 0) is 0 Å². The molecule has 0 radical (unpaired) electrons. The predicted molar refractivity (Wildman–Crippen MR) is 132 cm³/mol. The van der Waals surface area contributed by atoms with Crippen molar-refractivity contribution in [3.63, 3.8) is 0 Å². The van der Waals surface area contributed by atoms with Crippen LogP contribution in [0.2, 0.25) is 0 Å². The Balaban J connectivity index is 1.85. The van der Waals surface area contributed by atoms with Gasteiger partial charge in [0.25, 0.3) is 0 Å². The molecule has 0 aliphatic carbocycles. The van der Waals surface area contributed by atoms with E-state index in [1.807, 2.05) is 11.3 Å². The molecule has 1 heterocycles. The lowest BCUT2D eigenvalue weighted by Gasteiger charge is -2.18. The maximum absolute atomic E-state index is 2.28. The van der Waals surface area contributed by atoms with Crippen molar-refractivity contribution in [1.29, 1.82) is 0 Å². The third-order valence-electron chi connectivity index (χ3n) is 5.98. The second-order valence-electron chi connectivity index (χ2n) is 7.78. The molecule has 0 unspecified atom stereocenters. The minimum Gasteiger partial charge on any atom is -0.141 e. The molecule has 0 aliphatic heterocycles. The molecule has 0 atom stereocenters. The van der Waals surface area contributed by atoms with Gasteiger partial charge in [0.2, 0.25) is 0 Å². The highest BCUT2D eigenvalue weighted by molar-refractivity contribution is 7.15. The summed E-state index contributed by atoms with van der Waals surface area (Å²) in [6, 6.07) is 37.6. The van der Waals surface area contributed by atoms with Crippen LogP contribution in [0.3, 0.4) is 0 Å². The van der Waals surface area contributed by atoms with E-state index in [0.29, 0.717) is 0 Å². The minimum absolute atomic E-state index is 1.28. The summed E-state index contributed by atoms with van der Waals surface area (Å²) in [4.78, 5) is 2.68. The molecule has 142 valence electrons. The highest BCUT2D eigenvalue weighted by atomic mass is 32.1. The molecule has 1 heteroatoms. The third-order valence-corrected chi connectivity index (χ3v) is 7.00. The van der Waals surface area contributed by atoms with Gasteiger partial charge in [-0.05, 0) is 62.5 Å². The molecule has 0 saturated carbocycles. The van der Waals surface area contributed by atoms with Crippen molar-refractivity contribution in [2.45, 2.75) is 6.92 Å². The van der Waals surface area contributed by atoms with Gasteiger partial charge >= 0.3 is 0 Å². The second-order valence-corrected chi connectivity index (χ2v) is 9.07. The van der Waals surface area contributed by atoms with Gasteiger partial charge in [0.1, 0.15) is 0 Å². The summed E-state index contributed by atoms with van der Waals surface area (Å²) in [5.41, 5.74) is 3.98. The van der Waals surface area contributed by atoms with Gasteiger partial charge in [0, 0.05) is 15.3 Å². The number of benzene rings is 5. The average molecular weight is 401 g/mol. The fourth-order valence-electron chi connectivity index (χ4n) is 4.70. The lowest BCUT2D eigenvalue weighted by atomic mass is 9.86. The molecular formula is C29H20S.